The summed E-state index contributed by atoms with van der Waals surface area (Å²) in [5.41, 5.74) is 1.29. The molecule has 1 N–H and O–H groups in total. The molecule has 0 unspecified atom stereocenters. The molecule has 1 rings (SSSR count). The number of hydrogen-bond acceptors (Lipinski definition) is 3. The minimum atomic E-state index is -0.535. The van der Waals surface area contributed by atoms with E-state index in [2.05, 4.69) is 5.32 Å². The average Bonchev–Trinajstić information content (AvgIpc) is 2.27. The SMILES string of the molecule is CCC(=O)CNc1cc(C#N)c(F)cc1C. The number of rotatable bonds is 4. The summed E-state index contributed by atoms with van der Waals surface area (Å²) in [7, 11) is 0. The second-order valence-corrected chi connectivity index (χ2v) is 3.50. The number of nitrogens with one attached hydrogen (secondary N) is 1. The Morgan fingerprint density at radius 3 is 2.81 bits per heavy atom. The predicted molar refractivity (Wildman–Crippen MR) is 59.6 cm³/mol. The first kappa shape index (κ1) is 12.2. The maximum atomic E-state index is 13.2. The topological polar surface area (TPSA) is 52.9 Å². The Balaban J connectivity index is 2.89. The molecule has 16 heavy (non-hydrogen) atoms. The molecule has 0 radical (unpaired) electrons. The number of halogens is 1. The second kappa shape index (κ2) is 5.26. The quantitative estimate of drug-likeness (QED) is 0.847. The van der Waals surface area contributed by atoms with Crippen LogP contribution in [0.1, 0.15) is 24.5 Å². The molecule has 0 fully saturated rings. The van der Waals surface area contributed by atoms with E-state index in [1.165, 1.54) is 12.1 Å². The van der Waals surface area contributed by atoms with Crippen molar-refractivity contribution in [1.29, 1.82) is 5.26 Å². The van der Waals surface area contributed by atoms with Crippen LogP contribution in [0.3, 0.4) is 0 Å². The Morgan fingerprint density at radius 1 is 1.56 bits per heavy atom. The zero-order chi connectivity index (χ0) is 12.1. The van der Waals surface area contributed by atoms with Crippen molar-refractivity contribution in [1.82, 2.24) is 0 Å². The number of carbonyl (C=O) groups excluding carboxylic acids is 1. The molecule has 0 heterocycles. The van der Waals surface area contributed by atoms with Gasteiger partial charge in [-0.15, -0.1) is 0 Å². The zero-order valence-corrected chi connectivity index (χ0v) is 9.30. The van der Waals surface area contributed by atoms with Gasteiger partial charge in [0.25, 0.3) is 0 Å². The van der Waals surface area contributed by atoms with Gasteiger partial charge < -0.3 is 5.32 Å². The summed E-state index contributed by atoms with van der Waals surface area (Å²) in [5, 5.41) is 11.6. The normalized spacial score (nSPS) is 9.62. The van der Waals surface area contributed by atoms with E-state index >= 15 is 0 Å². The van der Waals surface area contributed by atoms with E-state index < -0.39 is 5.82 Å². The van der Waals surface area contributed by atoms with Gasteiger partial charge in [0.1, 0.15) is 11.9 Å². The van der Waals surface area contributed by atoms with Crippen LogP contribution in [0.2, 0.25) is 0 Å². The third-order valence-corrected chi connectivity index (χ3v) is 2.30. The third-order valence-electron chi connectivity index (χ3n) is 2.30. The molecular formula is C12H13FN2O. The smallest absolute Gasteiger partial charge is 0.151 e. The molecule has 0 saturated carbocycles. The van der Waals surface area contributed by atoms with E-state index in [4.69, 9.17) is 5.26 Å². The summed E-state index contributed by atoms with van der Waals surface area (Å²) in [6, 6.07) is 4.48. The van der Waals surface area contributed by atoms with Crippen LogP contribution in [0.4, 0.5) is 10.1 Å². The minimum Gasteiger partial charge on any atom is -0.378 e. The Morgan fingerprint density at radius 2 is 2.25 bits per heavy atom. The Bertz CT molecular complexity index is 449. The number of nitrogens with zero attached hydrogens (tertiary/aromatic N) is 1. The van der Waals surface area contributed by atoms with Crippen molar-refractivity contribution in [2.45, 2.75) is 20.3 Å². The van der Waals surface area contributed by atoms with Crippen LogP contribution in [0.25, 0.3) is 0 Å². The fourth-order valence-electron chi connectivity index (χ4n) is 1.27. The molecule has 0 aliphatic heterocycles. The molecule has 0 amide bonds. The molecule has 0 bridgehead atoms. The standard InChI is InChI=1S/C12H13FN2O/c1-3-10(16)7-15-12-5-9(6-14)11(13)4-8(12)2/h4-5,15H,3,7H2,1-2H3. The van der Waals surface area contributed by atoms with Crippen molar-refractivity contribution in [2.24, 2.45) is 0 Å². The lowest BCUT2D eigenvalue weighted by molar-refractivity contribution is -0.117. The third kappa shape index (κ3) is 2.80. The summed E-state index contributed by atoms with van der Waals surface area (Å²) in [4.78, 5) is 11.1. The summed E-state index contributed by atoms with van der Waals surface area (Å²) in [6.45, 7) is 3.71. The van der Waals surface area contributed by atoms with Crippen LogP contribution in [0.5, 0.6) is 0 Å². The minimum absolute atomic E-state index is 0.0166. The lowest BCUT2D eigenvalue weighted by Gasteiger charge is -2.09. The van der Waals surface area contributed by atoms with Crippen molar-refractivity contribution in [3.05, 3.63) is 29.1 Å². The van der Waals surface area contributed by atoms with Gasteiger partial charge in [-0.05, 0) is 24.6 Å². The number of benzene rings is 1. The fraction of sp³-hybridized carbons (Fsp3) is 0.333. The van der Waals surface area contributed by atoms with Crippen LogP contribution >= 0.6 is 0 Å². The lowest BCUT2D eigenvalue weighted by Crippen LogP contribution is -2.13. The number of ketones is 1. The molecule has 84 valence electrons. The van der Waals surface area contributed by atoms with Gasteiger partial charge in [-0.25, -0.2) is 4.39 Å². The first-order valence-corrected chi connectivity index (χ1v) is 5.04. The van der Waals surface area contributed by atoms with Gasteiger partial charge in [0, 0.05) is 12.1 Å². The summed E-state index contributed by atoms with van der Waals surface area (Å²) >= 11 is 0. The average molecular weight is 220 g/mol. The first-order chi connectivity index (χ1) is 7.58. The van der Waals surface area contributed by atoms with Crippen LogP contribution in [0.15, 0.2) is 12.1 Å². The largest absolute Gasteiger partial charge is 0.378 e. The van der Waals surface area contributed by atoms with E-state index in [0.29, 0.717) is 17.7 Å². The summed E-state index contributed by atoms with van der Waals surface area (Å²) < 4.78 is 13.2. The number of nitriles is 1. The number of aryl methyl sites for hydroxylation is 1. The number of Topliss-reactive ketones (excluding diaryl/α,β-unsaturated/α-hetero) is 1. The molecule has 0 aliphatic carbocycles. The lowest BCUT2D eigenvalue weighted by atomic mass is 10.1. The highest BCUT2D eigenvalue weighted by atomic mass is 19.1. The zero-order valence-electron chi connectivity index (χ0n) is 9.30. The van der Waals surface area contributed by atoms with Crippen molar-refractivity contribution >= 4 is 11.5 Å². The van der Waals surface area contributed by atoms with Crippen molar-refractivity contribution in [3.8, 4) is 6.07 Å². The highest BCUT2D eigenvalue weighted by Crippen LogP contribution is 2.19. The highest BCUT2D eigenvalue weighted by Gasteiger charge is 2.07. The molecule has 0 spiro atoms. The molecule has 1 aromatic carbocycles. The van der Waals surface area contributed by atoms with Crippen LogP contribution in [0, 0.1) is 24.1 Å². The maximum Gasteiger partial charge on any atom is 0.151 e. The molecule has 4 heteroatoms. The van der Waals surface area contributed by atoms with E-state index in [-0.39, 0.29) is 17.9 Å². The van der Waals surface area contributed by atoms with Crippen molar-refractivity contribution in [2.75, 3.05) is 11.9 Å². The fourth-order valence-corrected chi connectivity index (χ4v) is 1.27. The van der Waals surface area contributed by atoms with Crippen molar-refractivity contribution in [3.63, 3.8) is 0 Å². The van der Waals surface area contributed by atoms with Gasteiger partial charge in [0.15, 0.2) is 5.78 Å². The second-order valence-electron chi connectivity index (χ2n) is 3.50. The Kier molecular flexibility index (Phi) is 4.01. The molecular weight excluding hydrogens is 207 g/mol. The summed E-state index contributed by atoms with van der Waals surface area (Å²) in [6.07, 6.45) is 0.457. The number of hydrogen-bond donors (Lipinski definition) is 1. The molecule has 0 aromatic heterocycles. The molecule has 0 saturated heterocycles. The number of anilines is 1. The molecule has 1 aromatic rings. The van der Waals surface area contributed by atoms with Gasteiger partial charge in [0.2, 0.25) is 0 Å². The van der Waals surface area contributed by atoms with Crippen molar-refractivity contribution < 1.29 is 9.18 Å². The summed E-state index contributed by atoms with van der Waals surface area (Å²) in [5.74, 6) is -0.463. The van der Waals surface area contributed by atoms with Gasteiger partial charge in [-0.3, -0.25) is 4.79 Å². The van der Waals surface area contributed by atoms with Crippen LogP contribution < -0.4 is 5.32 Å². The van der Waals surface area contributed by atoms with Gasteiger partial charge >= 0.3 is 0 Å². The predicted octanol–water partition coefficient (Wildman–Crippen LogP) is 2.40. The molecule has 3 nitrogen and oxygen atoms in total. The van der Waals surface area contributed by atoms with E-state index in [1.807, 2.05) is 0 Å². The monoisotopic (exact) mass is 220 g/mol. The first-order valence-electron chi connectivity index (χ1n) is 5.04. The number of carbonyl (C=O) groups is 1. The van der Waals surface area contributed by atoms with Crippen LogP contribution in [-0.4, -0.2) is 12.3 Å². The van der Waals surface area contributed by atoms with Gasteiger partial charge in [-0.1, -0.05) is 6.92 Å². The molecule has 0 aliphatic rings. The Labute approximate surface area is 93.9 Å². The Hall–Kier alpha value is -1.89. The van der Waals surface area contributed by atoms with E-state index in [9.17, 15) is 9.18 Å². The van der Waals surface area contributed by atoms with Gasteiger partial charge in [-0.2, -0.15) is 5.26 Å². The van der Waals surface area contributed by atoms with E-state index in [1.54, 1.807) is 19.9 Å². The molecule has 0 atom stereocenters. The maximum absolute atomic E-state index is 13.2. The van der Waals surface area contributed by atoms with E-state index in [0.717, 1.165) is 0 Å². The van der Waals surface area contributed by atoms with Gasteiger partial charge in [0.05, 0.1) is 12.1 Å². The highest BCUT2D eigenvalue weighted by molar-refractivity contribution is 5.82. The van der Waals surface area contributed by atoms with Crippen LogP contribution in [-0.2, 0) is 4.79 Å².